The highest BCUT2D eigenvalue weighted by atomic mass is 16.6. The number of amides is 3. The van der Waals surface area contributed by atoms with E-state index in [4.69, 9.17) is 4.74 Å². The van der Waals surface area contributed by atoms with E-state index in [-0.39, 0.29) is 30.0 Å². The zero-order valence-electron chi connectivity index (χ0n) is 27.2. The number of hydrogen-bond acceptors (Lipinski definition) is 5. The van der Waals surface area contributed by atoms with Crippen molar-refractivity contribution in [2.24, 2.45) is 0 Å². The second kappa shape index (κ2) is 17.5. The average molecular weight is 596 g/mol. The molecule has 0 aliphatic rings. The summed E-state index contributed by atoms with van der Waals surface area (Å²) in [6.45, 7) is 13.8. The van der Waals surface area contributed by atoms with Gasteiger partial charge in [-0.15, -0.1) is 0 Å². The zero-order chi connectivity index (χ0) is 32.0. The Hall–Kier alpha value is -3.55. The van der Waals surface area contributed by atoms with E-state index >= 15 is 0 Å². The van der Waals surface area contributed by atoms with Crippen LogP contribution in [0.2, 0.25) is 0 Å². The first kappa shape index (κ1) is 35.6. The van der Waals surface area contributed by atoms with Gasteiger partial charge in [-0.05, 0) is 76.3 Å². The number of nitrogens with zero attached hydrogens (tertiary/aromatic N) is 1. The van der Waals surface area contributed by atoms with Crippen molar-refractivity contribution in [3.63, 3.8) is 0 Å². The van der Waals surface area contributed by atoms with Crippen molar-refractivity contribution in [3.8, 4) is 5.75 Å². The first-order valence-electron chi connectivity index (χ1n) is 15.8. The summed E-state index contributed by atoms with van der Waals surface area (Å²) in [5, 5.41) is 15.8. The molecule has 3 atom stereocenters. The van der Waals surface area contributed by atoms with Crippen LogP contribution in [0.4, 0.5) is 4.79 Å². The number of carbonyl (C=O) groups is 3. The Bertz CT molecular complexity index is 1160. The van der Waals surface area contributed by atoms with Crippen LogP contribution in [0.15, 0.2) is 48.5 Å². The van der Waals surface area contributed by atoms with Gasteiger partial charge in [-0.1, -0.05) is 82.3 Å². The summed E-state index contributed by atoms with van der Waals surface area (Å²) in [7, 11) is 0. The number of unbranched alkanes of at least 4 members (excludes halogenated alkanes) is 4. The molecule has 2 aromatic rings. The standard InChI is InChI=1S/C35H53N3O5/c1-8-10-11-12-15-23-38(31(29-18-14-13-17-25(29)3)32(40)36-26(4)16-9-2)33(41)30(37-34(42)43-35(5,6)7)24-27-19-21-28(39)22-20-27/h13-14,17-22,26,30-31,39H,8-12,15-16,23-24H2,1-7H3,(H,36,40)(H,37,42). The fourth-order valence-corrected chi connectivity index (χ4v) is 5.14. The lowest BCUT2D eigenvalue weighted by atomic mass is 9.96. The zero-order valence-corrected chi connectivity index (χ0v) is 27.2. The van der Waals surface area contributed by atoms with Gasteiger partial charge in [-0.25, -0.2) is 4.79 Å². The summed E-state index contributed by atoms with van der Waals surface area (Å²) in [6.07, 6.45) is 6.10. The molecule has 0 aromatic heterocycles. The van der Waals surface area contributed by atoms with Crippen molar-refractivity contribution < 1.29 is 24.2 Å². The first-order chi connectivity index (χ1) is 20.4. The van der Waals surface area contributed by atoms with Crippen LogP contribution in [0.25, 0.3) is 0 Å². The minimum Gasteiger partial charge on any atom is -0.508 e. The van der Waals surface area contributed by atoms with Gasteiger partial charge < -0.3 is 25.4 Å². The molecule has 0 saturated heterocycles. The maximum absolute atomic E-state index is 14.6. The fourth-order valence-electron chi connectivity index (χ4n) is 5.14. The molecule has 3 amide bonds. The van der Waals surface area contributed by atoms with Gasteiger partial charge >= 0.3 is 6.09 Å². The third-order valence-electron chi connectivity index (χ3n) is 7.30. The highest BCUT2D eigenvalue weighted by Crippen LogP contribution is 2.27. The van der Waals surface area contributed by atoms with Crippen molar-refractivity contribution in [2.45, 2.75) is 124 Å². The monoisotopic (exact) mass is 595 g/mol. The van der Waals surface area contributed by atoms with Gasteiger partial charge in [0.2, 0.25) is 11.8 Å². The van der Waals surface area contributed by atoms with Crippen LogP contribution in [0.1, 0.15) is 109 Å². The molecule has 0 spiro atoms. The molecule has 0 aliphatic carbocycles. The molecule has 0 fully saturated rings. The molecule has 2 rings (SSSR count). The molecule has 43 heavy (non-hydrogen) atoms. The van der Waals surface area contributed by atoms with Crippen LogP contribution in [0.3, 0.4) is 0 Å². The summed E-state index contributed by atoms with van der Waals surface area (Å²) in [4.78, 5) is 43.3. The third-order valence-corrected chi connectivity index (χ3v) is 7.30. The SMILES string of the molecule is CCCCCCCN(C(=O)C(Cc1ccc(O)cc1)NC(=O)OC(C)(C)C)C(C(=O)NC(C)CCC)c1ccccc1C. The summed E-state index contributed by atoms with van der Waals surface area (Å²) < 4.78 is 5.53. The largest absolute Gasteiger partial charge is 0.508 e. The van der Waals surface area contributed by atoms with Gasteiger partial charge in [0.05, 0.1) is 0 Å². The number of rotatable bonds is 16. The first-order valence-corrected chi connectivity index (χ1v) is 15.8. The molecule has 0 bridgehead atoms. The van der Waals surface area contributed by atoms with Gasteiger partial charge in [0, 0.05) is 19.0 Å². The van der Waals surface area contributed by atoms with E-state index in [0.717, 1.165) is 61.6 Å². The lowest BCUT2D eigenvalue weighted by Crippen LogP contribution is -2.54. The number of nitrogens with one attached hydrogen (secondary N) is 2. The van der Waals surface area contributed by atoms with Crippen LogP contribution in [0.5, 0.6) is 5.75 Å². The molecule has 0 saturated carbocycles. The van der Waals surface area contributed by atoms with E-state index in [0.29, 0.717) is 6.54 Å². The van der Waals surface area contributed by atoms with E-state index in [1.54, 1.807) is 49.9 Å². The van der Waals surface area contributed by atoms with Crippen LogP contribution in [0, 0.1) is 6.92 Å². The molecule has 8 heteroatoms. The number of ether oxygens (including phenoxy) is 1. The molecule has 0 aliphatic heterocycles. The van der Waals surface area contributed by atoms with Crippen LogP contribution in [-0.4, -0.2) is 52.1 Å². The second-order valence-corrected chi connectivity index (χ2v) is 12.5. The molecular formula is C35H53N3O5. The molecule has 8 nitrogen and oxygen atoms in total. The number of alkyl carbamates (subject to hydrolysis) is 1. The minimum atomic E-state index is -0.998. The molecule has 3 unspecified atom stereocenters. The maximum atomic E-state index is 14.6. The Kier molecular flexibility index (Phi) is 14.5. The van der Waals surface area contributed by atoms with E-state index < -0.39 is 23.8 Å². The Labute approximate surface area is 258 Å². The Balaban J connectivity index is 2.57. The Morgan fingerprint density at radius 1 is 0.907 bits per heavy atom. The molecule has 238 valence electrons. The van der Waals surface area contributed by atoms with E-state index in [1.807, 2.05) is 38.1 Å². The lowest BCUT2D eigenvalue weighted by Gasteiger charge is -2.36. The summed E-state index contributed by atoms with van der Waals surface area (Å²) in [5.41, 5.74) is 1.66. The molecule has 2 aromatic carbocycles. The Morgan fingerprint density at radius 2 is 1.56 bits per heavy atom. The predicted molar refractivity (Wildman–Crippen MR) is 172 cm³/mol. The fraction of sp³-hybridized carbons (Fsp3) is 0.571. The number of benzene rings is 2. The number of aromatic hydroxyl groups is 1. The Morgan fingerprint density at radius 3 is 2.16 bits per heavy atom. The van der Waals surface area contributed by atoms with Crippen LogP contribution in [-0.2, 0) is 20.7 Å². The lowest BCUT2D eigenvalue weighted by molar-refractivity contribution is -0.142. The second-order valence-electron chi connectivity index (χ2n) is 12.5. The van der Waals surface area contributed by atoms with Crippen molar-refractivity contribution in [1.29, 1.82) is 0 Å². The average Bonchev–Trinajstić information content (AvgIpc) is 2.92. The highest BCUT2D eigenvalue weighted by molar-refractivity contribution is 5.92. The quantitative estimate of drug-likeness (QED) is 0.182. The molecule has 3 N–H and O–H groups in total. The summed E-state index contributed by atoms with van der Waals surface area (Å²) >= 11 is 0. The van der Waals surface area contributed by atoms with Gasteiger partial charge in [0.15, 0.2) is 0 Å². The smallest absolute Gasteiger partial charge is 0.408 e. The van der Waals surface area contributed by atoms with Crippen molar-refractivity contribution in [1.82, 2.24) is 15.5 Å². The number of phenols is 1. The number of aryl methyl sites for hydroxylation is 1. The van der Waals surface area contributed by atoms with Crippen molar-refractivity contribution in [3.05, 3.63) is 65.2 Å². The van der Waals surface area contributed by atoms with Gasteiger partial charge in [0.1, 0.15) is 23.4 Å². The predicted octanol–water partition coefficient (Wildman–Crippen LogP) is 6.98. The summed E-state index contributed by atoms with van der Waals surface area (Å²) in [6, 6.07) is 12.3. The van der Waals surface area contributed by atoms with Gasteiger partial charge in [-0.3, -0.25) is 9.59 Å². The molecule has 0 heterocycles. The van der Waals surface area contributed by atoms with Crippen LogP contribution < -0.4 is 10.6 Å². The number of carbonyl (C=O) groups excluding carboxylic acids is 3. The molecule has 0 radical (unpaired) electrons. The van der Waals surface area contributed by atoms with E-state index in [2.05, 4.69) is 24.5 Å². The minimum absolute atomic E-state index is 0.0572. The van der Waals surface area contributed by atoms with E-state index in [1.165, 1.54) is 0 Å². The highest BCUT2D eigenvalue weighted by Gasteiger charge is 2.37. The van der Waals surface area contributed by atoms with Gasteiger partial charge in [-0.2, -0.15) is 0 Å². The van der Waals surface area contributed by atoms with Crippen molar-refractivity contribution >= 4 is 17.9 Å². The number of phenolic OH excluding ortho intramolecular Hbond substituents is 1. The summed E-state index contributed by atoms with van der Waals surface area (Å²) in [5.74, 6) is -0.489. The van der Waals surface area contributed by atoms with Crippen molar-refractivity contribution in [2.75, 3.05) is 6.54 Å². The topological polar surface area (TPSA) is 108 Å². The normalized spacial score (nSPS) is 13.5. The van der Waals surface area contributed by atoms with Gasteiger partial charge in [0.25, 0.3) is 0 Å². The molecular weight excluding hydrogens is 542 g/mol. The van der Waals surface area contributed by atoms with Crippen LogP contribution >= 0.6 is 0 Å². The third kappa shape index (κ3) is 12.3. The van der Waals surface area contributed by atoms with E-state index in [9.17, 15) is 19.5 Å². The maximum Gasteiger partial charge on any atom is 0.408 e. The number of hydrogen-bond donors (Lipinski definition) is 3.